The number of nitrogens with zero attached hydrogens (tertiary/aromatic N) is 1. The zero-order chi connectivity index (χ0) is 11.8. The number of hydrogen-bond acceptors (Lipinski definition) is 5. The molecule has 0 radical (unpaired) electrons. The lowest BCUT2D eigenvalue weighted by molar-refractivity contribution is 0.417. The highest BCUT2D eigenvalue weighted by atomic mass is 32.2. The summed E-state index contributed by atoms with van der Waals surface area (Å²) in [6, 6.07) is 0. The maximum atomic E-state index is 11.4. The minimum Gasteiger partial charge on any atom is -0.326 e. The lowest BCUT2D eigenvalue weighted by Gasteiger charge is -2.31. The van der Waals surface area contributed by atoms with Crippen molar-refractivity contribution < 1.29 is 8.42 Å². The van der Waals surface area contributed by atoms with Crippen molar-refractivity contribution in [2.24, 2.45) is 5.73 Å². The van der Waals surface area contributed by atoms with Crippen LogP contribution in [0.2, 0.25) is 0 Å². The van der Waals surface area contributed by atoms with Crippen molar-refractivity contribution in [3.8, 4) is 0 Å². The molecule has 0 aliphatic carbocycles. The summed E-state index contributed by atoms with van der Waals surface area (Å²) >= 11 is 1.61. The van der Waals surface area contributed by atoms with Gasteiger partial charge in [0.2, 0.25) is 0 Å². The fraction of sp³-hybridized carbons (Fsp3) is 0.700. The van der Waals surface area contributed by atoms with E-state index in [9.17, 15) is 8.42 Å². The quantitative estimate of drug-likeness (QED) is 0.863. The monoisotopic (exact) mass is 260 g/mol. The number of aromatic nitrogens is 1. The summed E-state index contributed by atoms with van der Waals surface area (Å²) in [4.78, 5) is 5.43. The van der Waals surface area contributed by atoms with E-state index in [1.54, 1.807) is 17.5 Å². The standard InChI is InChI=1S/C10H16N2O2S2/c1-10(2-4-16(13,14)5-3-10)9-12-7-8(6-11)15-9/h7H,2-6,11H2,1H3. The molecule has 1 aromatic rings. The molecule has 0 atom stereocenters. The second-order valence-electron chi connectivity index (χ2n) is 4.55. The van der Waals surface area contributed by atoms with Gasteiger partial charge in [0.25, 0.3) is 0 Å². The van der Waals surface area contributed by atoms with E-state index in [4.69, 9.17) is 5.73 Å². The zero-order valence-corrected chi connectivity index (χ0v) is 10.9. The van der Waals surface area contributed by atoms with Crippen LogP contribution in [0.25, 0.3) is 0 Å². The summed E-state index contributed by atoms with van der Waals surface area (Å²) in [5.41, 5.74) is 5.47. The van der Waals surface area contributed by atoms with Gasteiger partial charge in [-0.05, 0) is 12.8 Å². The first kappa shape index (κ1) is 12.0. The van der Waals surface area contributed by atoms with E-state index in [0.29, 0.717) is 19.4 Å². The smallest absolute Gasteiger partial charge is 0.150 e. The molecule has 1 saturated heterocycles. The van der Waals surface area contributed by atoms with Crippen LogP contribution in [0.15, 0.2) is 6.20 Å². The third-order valence-electron chi connectivity index (χ3n) is 3.20. The molecule has 4 nitrogen and oxygen atoms in total. The first-order chi connectivity index (χ1) is 7.45. The van der Waals surface area contributed by atoms with Crippen molar-refractivity contribution >= 4 is 21.2 Å². The molecule has 90 valence electrons. The van der Waals surface area contributed by atoms with Crippen LogP contribution in [0.4, 0.5) is 0 Å². The highest BCUT2D eigenvalue weighted by Crippen LogP contribution is 2.37. The second kappa shape index (κ2) is 4.09. The molecule has 0 saturated carbocycles. The molecule has 1 aliphatic heterocycles. The molecule has 6 heteroatoms. The normalized spacial score (nSPS) is 23.1. The molecular formula is C10H16N2O2S2. The molecule has 2 heterocycles. The lowest BCUT2D eigenvalue weighted by Crippen LogP contribution is -2.34. The Morgan fingerprint density at radius 1 is 1.50 bits per heavy atom. The third-order valence-corrected chi connectivity index (χ3v) is 6.18. The van der Waals surface area contributed by atoms with E-state index in [1.165, 1.54) is 0 Å². The van der Waals surface area contributed by atoms with Gasteiger partial charge in [0.05, 0.1) is 16.5 Å². The van der Waals surface area contributed by atoms with Crippen LogP contribution in [0.5, 0.6) is 0 Å². The van der Waals surface area contributed by atoms with E-state index in [1.807, 2.05) is 0 Å². The van der Waals surface area contributed by atoms with Gasteiger partial charge in [-0.15, -0.1) is 11.3 Å². The van der Waals surface area contributed by atoms with Gasteiger partial charge in [0, 0.05) is 23.0 Å². The van der Waals surface area contributed by atoms with Gasteiger partial charge in [-0.25, -0.2) is 13.4 Å². The first-order valence-corrected chi connectivity index (χ1v) is 7.95. The topological polar surface area (TPSA) is 73.0 Å². The van der Waals surface area contributed by atoms with Crippen molar-refractivity contribution in [3.05, 3.63) is 16.1 Å². The number of sulfone groups is 1. The Bertz CT molecular complexity index is 465. The van der Waals surface area contributed by atoms with E-state index >= 15 is 0 Å². The SMILES string of the molecule is CC1(c2ncc(CN)s2)CCS(=O)(=O)CC1. The summed E-state index contributed by atoms with van der Waals surface area (Å²) in [6.45, 7) is 2.60. The van der Waals surface area contributed by atoms with E-state index in [-0.39, 0.29) is 16.9 Å². The Labute approximate surface area is 99.8 Å². The van der Waals surface area contributed by atoms with Crippen molar-refractivity contribution in [3.63, 3.8) is 0 Å². The van der Waals surface area contributed by atoms with Gasteiger partial charge < -0.3 is 5.73 Å². The van der Waals surface area contributed by atoms with E-state index in [0.717, 1.165) is 9.88 Å². The van der Waals surface area contributed by atoms with E-state index in [2.05, 4.69) is 11.9 Å². The summed E-state index contributed by atoms with van der Waals surface area (Å²) < 4.78 is 22.8. The van der Waals surface area contributed by atoms with Crippen molar-refractivity contribution in [2.45, 2.75) is 31.7 Å². The summed E-state index contributed by atoms with van der Waals surface area (Å²) in [6.07, 6.45) is 3.15. The Kier molecular flexibility index (Phi) is 3.07. The molecule has 1 aliphatic rings. The van der Waals surface area contributed by atoms with E-state index < -0.39 is 9.84 Å². The van der Waals surface area contributed by atoms with Crippen LogP contribution in [-0.4, -0.2) is 24.9 Å². The Balaban J connectivity index is 2.20. The number of rotatable bonds is 2. The molecule has 1 fully saturated rings. The Morgan fingerprint density at radius 3 is 2.62 bits per heavy atom. The minimum atomic E-state index is -2.81. The number of nitrogens with two attached hydrogens (primary N) is 1. The molecule has 16 heavy (non-hydrogen) atoms. The van der Waals surface area contributed by atoms with Crippen LogP contribution >= 0.6 is 11.3 Å². The predicted molar refractivity (Wildman–Crippen MR) is 65.2 cm³/mol. The van der Waals surface area contributed by atoms with Gasteiger partial charge in [-0.2, -0.15) is 0 Å². The predicted octanol–water partition coefficient (Wildman–Crippen LogP) is 1.07. The zero-order valence-electron chi connectivity index (χ0n) is 9.27. The molecule has 0 bridgehead atoms. The molecule has 2 N–H and O–H groups in total. The van der Waals surface area contributed by atoms with Crippen LogP contribution in [0, 0.1) is 0 Å². The maximum Gasteiger partial charge on any atom is 0.150 e. The molecule has 0 unspecified atom stereocenters. The summed E-state index contributed by atoms with van der Waals surface area (Å²) in [5, 5.41) is 1.03. The number of hydrogen-bond donors (Lipinski definition) is 1. The molecule has 1 aromatic heterocycles. The van der Waals surface area contributed by atoms with Crippen LogP contribution in [0.1, 0.15) is 29.7 Å². The summed E-state index contributed by atoms with van der Waals surface area (Å²) in [5.74, 6) is 0.558. The van der Waals surface area contributed by atoms with Crippen molar-refractivity contribution in [2.75, 3.05) is 11.5 Å². The fourth-order valence-corrected chi connectivity index (χ4v) is 4.60. The van der Waals surface area contributed by atoms with Crippen molar-refractivity contribution in [1.82, 2.24) is 4.98 Å². The van der Waals surface area contributed by atoms with Gasteiger partial charge >= 0.3 is 0 Å². The van der Waals surface area contributed by atoms with Crippen LogP contribution in [-0.2, 0) is 21.8 Å². The molecule has 0 amide bonds. The summed E-state index contributed by atoms with van der Waals surface area (Å²) in [7, 11) is -2.81. The van der Waals surface area contributed by atoms with Gasteiger partial charge in [0.15, 0.2) is 0 Å². The molecule has 0 aromatic carbocycles. The second-order valence-corrected chi connectivity index (χ2v) is 7.97. The Morgan fingerprint density at radius 2 is 2.12 bits per heavy atom. The average Bonchev–Trinajstić information content (AvgIpc) is 2.72. The highest BCUT2D eigenvalue weighted by molar-refractivity contribution is 7.91. The number of thiazole rings is 1. The fourth-order valence-electron chi connectivity index (χ4n) is 1.88. The van der Waals surface area contributed by atoms with Crippen LogP contribution in [0.3, 0.4) is 0 Å². The van der Waals surface area contributed by atoms with Gasteiger partial charge in [-0.1, -0.05) is 6.92 Å². The highest BCUT2D eigenvalue weighted by Gasteiger charge is 2.36. The maximum absolute atomic E-state index is 11.4. The average molecular weight is 260 g/mol. The molecule has 2 rings (SSSR count). The first-order valence-electron chi connectivity index (χ1n) is 5.31. The van der Waals surface area contributed by atoms with Gasteiger partial charge in [-0.3, -0.25) is 0 Å². The van der Waals surface area contributed by atoms with Gasteiger partial charge in [0.1, 0.15) is 9.84 Å². The molecule has 0 spiro atoms. The van der Waals surface area contributed by atoms with Crippen LogP contribution < -0.4 is 5.73 Å². The lowest BCUT2D eigenvalue weighted by atomic mass is 9.85. The molecular weight excluding hydrogens is 244 g/mol. The third kappa shape index (κ3) is 2.28. The Hall–Kier alpha value is -0.460. The minimum absolute atomic E-state index is 0.0800. The van der Waals surface area contributed by atoms with Crippen molar-refractivity contribution in [1.29, 1.82) is 0 Å². The largest absolute Gasteiger partial charge is 0.326 e.